The number of H-pyrrole nitrogens is 2. The topological polar surface area (TPSA) is 167 Å². The van der Waals surface area contributed by atoms with Crippen LogP contribution in [0.5, 0.6) is 0 Å². The predicted octanol–water partition coefficient (Wildman–Crippen LogP) is 4.13. The van der Waals surface area contributed by atoms with Gasteiger partial charge in [-0.3, -0.25) is 24.5 Å². The molecule has 0 amide bonds. The zero-order valence-corrected chi connectivity index (χ0v) is 30.2. The number of rotatable bonds is 6. The Bertz CT molecular complexity index is 2520. The fraction of sp³-hybridized carbons (Fsp3) is 0.333. The first kappa shape index (κ1) is 34.2. The average Bonchev–Trinajstić information content (AvgIpc) is 3.96. The Morgan fingerprint density at radius 2 is 1.25 bits per heavy atom. The molecule has 0 aliphatic carbocycles. The van der Waals surface area contributed by atoms with Gasteiger partial charge in [0.15, 0.2) is 22.7 Å². The molecule has 3 N–H and O–H groups in total. The fourth-order valence-corrected chi connectivity index (χ4v) is 7.55. The smallest absolute Gasteiger partial charge is 0.276 e. The molecule has 8 heterocycles. The van der Waals surface area contributed by atoms with Gasteiger partial charge in [-0.2, -0.15) is 10.2 Å². The molecule has 1 aromatic carbocycles. The van der Waals surface area contributed by atoms with E-state index in [1.54, 1.807) is 46.2 Å². The van der Waals surface area contributed by atoms with Crippen molar-refractivity contribution >= 4 is 11.0 Å². The Kier molecular flexibility index (Phi) is 9.22. The highest BCUT2D eigenvalue weighted by Crippen LogP contribution is 2.32. The molecule has 4 unspecified atom stereocenters. The minimum atomic E-state index is -0.154. The van der Waals surface area contributed by atoms with E-state index in [0.717, 1.165) is 60.8 Å². The first-order chi connectivity index (χ1) is 25.7. The number of aryl methyl sites for hydroxylation is 2. The molecule has 6 aromatic heterocycles. The van der Waals surface area contributed by atoms with E-state index in [1.165, 1.54) is 5.56 Å². The molecule has 7 aromatic rings. The monoisotopic (exact) mass is 710 g/mol. The van der Waals surface area contributed by atoms with E-state index in [-0.39, 0.29) is 23.0 Å². The van der Waals surface area contributed by atoms with Gasteiger partial charge >= 0.3 is 0 Å². The van der Waals surface area contributed by atoms with E-state index >= 15 is 0 Å². The van der Waals surface area contributed by atoms with Crippen LogP contribution in [0.15, 0.2) is 89.2 Å². The molecule has 14 nitrogen and oxygen atoms in total. The third-order valence-electron chi connectivity index (χ3n) is 10.5. The Hall–Kier alpha value is -5.86. The van der Waals surface area contributed by atoms with Crippen LogP contribution in [-0.2, 0) is 6.54 Å². The molecular formula is C39H42N12O2. The fourth-order valence-electron chi connectivity index (χ4n) is 7.55. The zero-order chi connectivity index (χ0) is 36.6. The third kappa shape index (κ3) is 6.66. The number of imidazole rings is 2. The summed E-state index contributed by atoms with van der Waals surface area (Å²) in [5.41, 5.74) is 5.76. The van der Waals surface area contributed by atoms with Crippen LogP contribution in [0.1, 0.15) is 54.0 Å². The summed E-state index contributed by atoms with van der Waals surface area (Å²) in [6, 6.07) is 14.3. The van der Waals surface area contributed by atoms with Crippen molar-refractivity contribution < 1.29 is 0 Å². The van der Waals surface area contributed by atoms with Crippen LogP contribution in [0.2, 0.25) is 0 Å². The molecule has 2 aliphatic rings. The first-order valence-electron chi connectivity index (χ1n) is 18.0. The molecular weight excluding hydrogens is 669 g/mol. The van der Waals surface area contributed by atoms with Gasteiger partial charge < -0.3 is 15.3 Å². The number of nitrogens with one attached hydrogen (secondary N) is 3. The van der Waals surface area contributed by atoms with Gasteiger partial charge in [0.05, 0.1) is 12.4 Å². The van der Waals surface area contributed by atoms with Gasteiger partial charge in [-0.25, -0.2) is 19.0 Å². The van der Waals surface area contributed by atoms with Crippen molar-refractivity contribution in [1.29, 1.82) is 0 Å². The largest absolute Gasteiger partial charge is 0.316 e. The molecule has 0 saturated carbocycles. The Balaban J connectivity index is 0.000000156. The van der Waals surface area contributed by atoms with Crippen LogP contribution in [0.4, 0.5) is 0 Å². The second-order valence-electron chi connectivity index (χ2n) is 14.3. The lowest BCUT2D eigenvalue weighted by Crippen LogP contribution is -2.23. The lowest BCUT2D eigenvalue weighted by molar-refractivity contribution is 0.318. The normalized spacial score (nSPS) is 20.2. The van der Waals surface area contributed by atoms with Gasteiger partial charge in [-0.1, -0.05) is 44.2 Å². The van der Waals surface area contributed by atoms with Crippen molar-refractivity contribution in [3.05, 3.63) is 129 Å². The van der Waals surface area contributed by atoms with E-state index in [0.29, 0.717) is 40.3 Å². The lowest BCUT2D eigenvalue weighted by Gasteiger charge is -2.16. The van der Waals surface area contributed by atoms with Gasteiger partial charge in [0.2, 0.25) is 0 Å². The molecule has 14 heteroatoms. The molecule has 0 spiro atoms. The number of aromatic nitrogens is 10. The Labute approximate surface area is 305 Å². The van der Waals surface area contributed by atoms with E-state index in [9.17, 15) is 9.59 Å². The number of nitrogens with zero attached hydrogens (tertiary/aromatic N) is 9. The summed E-state index contributed by atoms with van der Waals surface area (Å²) in [4.78, 5) is 50.7. The third-order valence-corrected chi connectivity index (χ3v) is 10.5. The minimum Gasteiger partial charge on any atom is -0.316 e. The van der Waals surface area contributed by atoms with Crippen LogP contribution in [-0.4, -0.2) is 80.2 Å². The number of benzene rings is 1. The maximum absolute atomic E-state index is 12.8. The lowest BCUT2D eigenvalue weighted by atomic mass is 9.97. The summed E-state index contributed by atoms with van der Waals surface area (Å²) >= 11 is 0. The summed E-state index contributed by atoms with van der Waals surface area (Å²) in [5, 5.41) is 12.9. The highest BCUT2D eigenvalue weighted by Gasteiger charge is 2.33. The maximum Gasteiger partial charge on any atom is 0.276 e. The molecule has 2 saturated heterocycles. The average molecular weight is 711 g/mol. The molecule has 2 fully saturated rings. The van der Waals surface area contributed by atoms with Gasteiger partial charge in [0.25, 0.3) is 11.1 Å². The molecule has 4 atom stereocenters. The van der Waals surface area contributed by atoms with Crippen molar-refractivity contribution in [2.75, 3.05) is 26.2 Å². The SMILES string of the molecule is Cc1cnccc1-c1ncc2c(=O)[nH]c(C3CN(Cc4ccccc4)CC3C)nn12.Cc1cnccc1-c1ncc2c(=O)[nH]c(C3CNCC3C)nn12. The summed E-state index contributed by atoms with van der Waals surface area (Å²) in [6.07, 6.45) is 10.2. The quantitative estimate of drug-likeness (QED) is 0.228. The van der Waals surface area contributed by atoms with Crippen molar-refractivity contribution in [2.45, 2.75) is 46.1 Å². The van der Waals surface area contributed by atoms with Crippen molar-refractivity contribution in [3.8, 4) is 22.8 Å². The molecule has 0 bridgehead atoms. The molecule has 270 valence electrons. The maximum atomic E-state index is 12.8. The first-order valence-corrected chi connectivity index (χ1v) is 18.0. The van der Waals surface area contributed by atoms with Gasteiger partial charge in [-0.05, 0) is 61.1 Å². The van der Waals surface area contributed by atoms with E-state index in [2.05, 4.69) is 83.3 Å². The van der Waals surface area contributed by atoms with Gasteiger partial charge in [-0.15, -0.1) is 0 Å². The molecule has 53 heavy (non-hydrogen) atoms. The highest BCUT2D eigenvalue weighted by molar-refractivity contribution is 5.64. The minimum absolute atomic E-state index is 0.153. The number of hydrogen-bond acceptors (Lipinski definition) is 10. The van der Waals surface area contributed by atoms with Crippen LogP contribution < -0.4 is 16.4 Å². The van der Waals surface area contributed by atoms with Crippen molar-refractivity contribution in [2.24, 2.45) is 11.8 Å². The van der Waals surface area contributed by atoms with Gasteiger partial charge in [0.1, 0.15) is 11.6 Å². The second kappa shape index (κ2) is 14.3. The van der Waals surface area contributed by atoms with Crippen LogP contribution in [0.25, 0.3) is 33.8 Å². The highest BCUT2D eigenvalue weighted by atomic mass is 16.1. The summed E-state index contributed by atoms with van der Waals surface area (Å²) in [7, 11) is 0. The van der Waals surface area contributed by atoms with Gasteiger partial charge in [0, 0.05) is 73.9 Å². The van der Waals surface area contributed by atoms with Crippen molar-refractivity contribution in [3.63, 3.8) is 0 Å². The number of aromatic amines is 2. The number of fused-ring (bicyclic) bond motifs is 2. The second-order valence-corrected chi connectivity index (χ2v) is 14.3. The number of hydrogen-bond donors (Lipinski definition) is 3. The predicted molar refractivity (Wildman–Crippen MR) is 202 cm³/mol. The summed E-state index contributed by atoms with van der Waals surface area (Å²) < 4.78 is 3.34. The molecule has 0 radical (unpaired) electrons. The summed E-state index contributed by atoms with van der Waals surface area (Å²) in [6.45, 7) is 12.8. The standard InChI is InChI=1S/C23H24N6O.C16H18N6O/c1-15-10-24-9-8-18(15)22-25-11-20-23(30)26-21(27-29(20)22)19-14-28(12-16(19)2)13-17-6-4-3-5-7-17;1-9-5-17-4-3-11(9)15-19-8-13-16(23)20-14(21-22(13)15)12-7-18-6-10(12)2/h3-11,16,19H,12-14H2,1-2H3,(H,26,27,30);3-5,8,10,12,18H,6-7H2,1-2H3,(H,20,21,23). The van der Waals surface area contributed by atoms with Crippen LogP contribution in [0, 0.1) is 25.7 Å². The Morgan fingerprint density at radius 3 is 1.77 bits per heavy atom. The van der Waals surface area contributed by atoms with Crippen LogP contribution >= 0.6 is 0 Å². The van der Waals surface area contributed by atoms with E-state index in [4.69, 9.17) is 5.10 Å². The van der Waals surface area contributed by atoms with E-state index < -0.39 is 0 Å². The molecule has 2 aliphatic heterocycles. The Morgan fingerprint density at radius 1 is 0.679 bits per heavy atom. The number of pyridine rings is 2. The van der Waals surface area contributed by atoms with E-state index in [1.807, 2.05) is 32.0 Å². The zero-order valence-electron chi connectivity index (χ0n) is 30.2. The summed E-state index contributed by atoms with van der Waals surface area (Å²) in [5.74, 6) is 3.98. The number of likely N-dealkylation sites (tertiary alicyclic amines) is 1. The van der Waals surface area contributed by atoms with Crippen LogP contribution in [0.3, 0.4) is 0 Å². The molecule has 9 rings (SSSR count). The van der Waals surface area contributed by atoms with Crippen molar-refractivity contribution in [1.82, 2.24) is 59.3 Å².